The Morgan fingerprint density at radius 3 is 2.65 bits per heavy atom. The van der Waals surface area contributed by atoms with Gasteiger partial charge >= 0.3 is 6.03 Å². The van der Waals surface area contributed by atoms with Crippen LogP contribution in [0.3, 0.4) is 0 Å². The van der Waals surface area contributed by atoms with Gasteiger partial charge in [0.05, 0.1) is 17.3 Å². The zero-order chi connectivity index (χ0) is 25.5. The molecular formula is C27H23N9O. The lowest BCUT2D eigenvalue weighted by molar-refractivity contribution is 0.230. The molecule has 0 aliphatic rings. The summed E-state index contributed by atoms with van der Waals surface area (Å²) in [6, 6.07) is 13.9. The summed E-state index contributed by atoms with van der Waals surface area (Å²) in [6.45, 7) is 2.07. The Morgan fingerprint density at radius 1 is 0.946 bits per heavy atom. The number of nitrogens with one attached hydrogen (secondary N) is 3. The molecule has 0 saturated carbocycles. The number of aryl methyl sites for hydroxylation is 1. The Morgan fingerprint density at radius 2 is 1.81 bits per heavy atom. The number of fused-ring (bicyclic) bond motifs is 2. The number of hydrogen-bond donors (Lipinski definition) is 3. The second-order valence-electron chi connectivity index (χ2n) is 8.99. The number of urea groups is 1. The van der Waals surface area contributed by atoms with Gasteiger partial charge in [-0.25, -0.2) is 19.7 Å². The van der Waals surface area contributed by atoms with Crippen molar-refractivity contribution >= 4 is 33.9 Å². The Bertz CT molecular complexity index is 1780. The number of pyridine rings is 3. The lowest BCUT2D eigenvalue weighted by Gasteiger charge is -2.12. The predicted octanol–water partition coefficient (Wildman–Crippen LogP) is 5.03. The minimum atomic E-state index is -0.229. The quantitative estimate of drug-likeness (QED) is 0.319. The molecule has 10 heteroatoms. The molecule has 37 heavy (non-hydrogen) atoms. The summed E-state index contributed by atoms with van der Waals surface area (Å²) >= 11 is 0. The number of imidazole rings is 1. The molecular weight excluding hydrogens is 466 g/mol. The molecule has 0 aliphatic heterocycles. The van der Waals surface area contributed by atoms with E-state index in [0.717, 1.165) is 33.2 Å². The van der Waals surface area contributed by atoms with Crippen LogP contribution in [0.5, 0.6) is 0 Å². The summed E-state index contributed by atoms with van der Waals surface area (Å²) in [6.07, 6.45) is 6.86. The van der Waals surface area contributed by atoms with E-state index in [4.69, 9.17) is 4.98 Å². The first kappa shape index (κ1) is 22.4. The molecule has 0 fully saturated rings. The molecule has 0 radical (unpaired) electrons. The van der Waals surface area contributed by atoms with Crippen LogP contribution < -0.4 is 5.32 Å². The largest absolute Gasteiger partial charge is 0.331 e. The van der Waals surface area contributed by atoms with Crippen LogP contribution in [0.15, 0.2) is 67.3 Å². The van der Waals surface area contributed by atoms with Crippen LogP contribution in [0.4, 0.5) is 10.5 Å². The van der Waals surface area contributed by atoms with E-state index in [1.165, 1.54) is 10.5 Å². The van der Waals surface area contributed by atoms with E-state index in [1.807, 2.05) is 24.3 Å². The first-order valence-corrected chi connectivity index (χ1v) is 11.7. The SMILES string of the molecule is Cc1cccc(-c2ccnc3[nH]c(-c4n[nH]c5ncc(-c6cncc(NC(=O)N(C)C)c6)cc45)nc23)c1. The number of aromatic amines is 2. The molecule has 0 saturated heterocycles. The molecule has 5 heterocycles. The van der Waals surface area contributed by atoms with Crippen molar-refractivity contribution < 1.29 is 4.79 Å². The second kappa shape index (κ2) is 8.83. The van der Waals surface area contributed by atoms with Crippen molar-refractivity contribution in [3.8, 4) is 33.8 Å². The summed E-state index contributed by atoms with van der Waals surface area (Å²) in [5, 5.41) is 11.1. The van der Waals surface area contributed by atoms with E-state index in [0.29, 0.717) is 28.5 Å². The number of amides is 2. The van der Waals surface area contributed by atoms with E-state index in [1.54, 1.807) is 38.9 Å². The van der Waals surface area contributed by atoms with Crippen molar-refractivity contribution in [3.63, 3.8) is 0 Å². The van der Waals surface area contributed by atoms with Crippen molar-refractivity contribution in [2.24, 2.45) is 0 Å². The average Bonchev–Trinajstić information content (AvgIpc) is 3.52. The monoisotopic (exact) mass is 489 g/mol. The van der Waals surface area contributed by atoms with Crippen molar-refractivity contribution in [2.75, 3.05) is 19.4 Å². The van der Waals surface area contributed by atoms with Crippen molar-refractivity contribution in [1.29, 1.82) is 0 Å². The maximum Gasteiger partial charge on any atom is 0.321 e. The predicted molar refractivity (Wildman–Crippen MR) is 143 cm³/mol. The molecule has 0 unspecified atom stereocenters. The number of carbonyl (C=O) groups is 1. The summed E-state index contributed by atoms with van der Waals surface area (Å²) in [5.41, 5.74) is 8.22. The average molecular weight is 490 g/mol. The van der Waals surface area contributed by atoms with E-state index in [2.05, 4.69) is 60.6 Å². The minimum absolute atomic E-state index is 0.229. The van der Waals surface area contributed by atoms with Crippen LogP contribution in [0.25, 0.3) is 56.0 Å². The number of H-pyrrole nitrogens is 2. The lowest BCUT2D eigenvalue weighted by Crippen LogP contribution is -2.27. The maximum absolute atomic E-state index is 12.1. The highest BCUT2D eigenvalue weighted by atomic mass is 16.2. The molecule has 0 atom stereocenters. The van der Waals surface area contributed by atoms with Crippen molar-refractivity contribution in [2.45, 2.75) is 6.92 Å². The Kier molecular flexibility index (Phi) is 5.33. The van der Waals surface area contributed by atoms with Crippen LogP contribution in [0.1, 0.15) is 5.56 Å². The Balaban J connectivity index is 1.41. The normalized spacial score (nSPS) is 11.2. The van der Waals surface area contributed by atoms with E-state index < -0.39 is 0 Å². The van der Waals surface area contributed by atoms with Crippen LogP contribution >= 0.6 is 0 Å². The molecule has 2 amide bonds. The Hall–Kier alpha value is -5.12. The molecule has 0 aliphatic carbocycles. The topological polar surface area (TPSA) is 128 Å². The molecule has 182 valence electrons. The minimum Gasteiger partial charge on any atom is -0.331 e. The van der Waals surface area contributed by atoms with Gasteiger partial charge in [0.2, 0.25) is 0 Å². The molecule has 3 N–H and O–H groups in total. The van der Waals surface area contributed by atoms with Gasteiger partial charge in [0, 0.05) is 49.4 Å². The fourth-order valence-corrected chi connectivity index (χ4v) is 4.21. The van der Waals surface area contributed by atoms with Crippen molar-refractivity contribution in [3.05, 3.63) is 72.8 Å². The first-order valence-electron chi connectivity index (χ1n) is 11.7. The summed E-state index contributed by atoms with van der Waals surface area (Å²) in [5.74, 6) is 0.595. The van der Waals surface area contributed by atoms with Gasteiger partial charge in [0.1, 0.15) is 11.2 Å². The van der Waals surface area contributed by atoms with Gasteiger partial charge < -0.3 is 15.2 Å². The van der Waals surface area contributed by atoms with Crippen LogP contribution in [-0.4, -0.2) is 60.1 Å². The number of benzene rings is 1. The third-order valence-electron chi connectivity index (χ3n) is 6.08. The highest BCUT2D eigenvalue weighted by Gasteiger charge is 2.17. The summed E-state index contributed by atoms with van der Waals surface area (Å²) in [4.78, 5) is 35.0. The number of nitrogens with zero attached hydrogens (tertiary/aromatic N) is 6. The molecule has 0 bridgehead atoms. The van der Waals surface area contributed by atoms with Crippen LogP contribution in [0, 0.1) is 6.92 Å². The first-order chi connectivity index (χ1) is 18.0. The Labute approximate surface area is 211 Å². The van der Waals surface area contributed by atoms with Gasteiger partial charge in [-0.05, 0) is 30.7 Å². The third-order valence-corrected chi connectivity index (χ3v) is 6.08. The van der Waals surface area contributed by atoms with E-state index in [9.17, 15) is 4.79 Å². The molecule has 6 rings (SSSR count). The smallest absolute Gasteiger partial charge is 0.321 e. The van der Waals surface area contributed by atoms with Gasteiger partial charge in [-0.3, -0.25) is 10.1 Å². The highest BCUT2D eigenvalue weighted by Crippen LogP contribution is 2.32. The summed E-state index contributed by atoms with van der Waals surface area (Å²) < 4.78 is 0. The van der Waals surface area contributed by atoms with Gasteiger partial charge in [0.25, 0.3) is 0 Å². The molecule has 5 aromatic heterocycles. The lowest BCUT2D eigenvalue weighted by atomic mass is 10.0. The second-order valence-corrected chi connectivity index (χ2v) is 8.99. The van der Waals surface area contributed by atoms with Gasteiger partial charge in [-0.2, -0.15) is 5.10 Å². The third kappa shape index (κ3) is 4.14. The zero-order valence-corrected chi connectivity index (χ0v) is 20.4. The van der Waals surface area contributed by atoms with Gasteiger partial charge in [0.15, 0.2) is 17.1 Å². The van der Waals surface area contributed by atoms with Crippen LogP contribution in [-0.2, 0) is 0 Å². The van der Waals surface area contributed by atoms with Crippen molar-refractivity contribution in [1.82, 2.24) is 40.0 Å². The zero-order valence-electron chi connectivity index (χ0n) is 20.4. The fourth-order valence-electron chi connectivity index (χ4n) is 4.21. The maximum atomic E-state index is 12.1. The number of anilines is 1. The number of hydrogen-bond acceptors (Lipinski definition) is 6. The van der Waals surface area contributed by atoms with E-state index >= 15 is 0 Å². The van der Waals surface area contributed by atoms with Gasteiger partial charge in [-0.1, -0.05) is 29.8 Å². The number of carbonyl (C=O) groups excluding carboxylic acids is 1. The fraction of sp³-hybridized carbons (Fsp3) is 0.111. The van der Waals surface area contributed by atoms with Crippen LogP contribution in [0.2, 0.25) is 0 Å². The standard InChI is InChI=1S/C27H23N9O/c1-15-5-4-6-16(9-15)20-7-8-29-25-22(20)32-26(33-25)23-21-11-18(13-30-24(21)35-34-23)17-10-19(14-28-12-17)31-27(37)36(2)3/h4-14H,1-3H3,(H,31,37)(H,29,32,33)(H,30,34,35). The molecule has 10 nitrogen and oxygen atoms in total. The number of rotatable bonds is 4. The van der Waals surface area contributed by atoms with Gasteiger partial charge in [-0.15, -0.1) is 0 Å². The molecule has 1 aromatic carbocycles. The summed E-state index contributed by atoms with van der Waals surface area (Å²) in [7, 11) is 3.37. The highest BCUT2D eigenvalue weighted by molar-refractivity contribution is 5.96. The molecule has 6 aromatic rings. The van der Waals surface area contributed by atoms with E-state index in [-0.39, 0.29) is 6.03 Å². The molecule has 0 spiro atoms. The number of aromatic nitrogens is 7.